The Morgan fingerprint density at radius 1 is 1.40 bits per heavy atom. The van der Waals surface area contributed by atoms with Crippen molar-refractivity contribution in [1.82, 2.24) is 25.0 Å². The molecule has 0 unspecified atom stereocenters. The van der Waals surface area contributed by atoms with Crippen LogP contribution in [0.1, 0.15) is 46.9 Å². The lowest BCUT2D eigenvalue weighted by Crippen LogP contribution is -2.36. The number of likely N-dealkylation sites (tertiary alicyclic amines) is 1. The van der Waals surface area contributed by atoms with Crippen molar-refractivity contribution in [3.05, 3.63) is 46.4 Å². The number of ether oxygens (including phenoxy) is 1. The molecule has 3 aromatic heterocycles. The maximum absolute atomic E-state index is 12.4. The van der Waals surface area contributed by atoms with Crippen molar-refractivity contribution in [3.63, 3.8) is 0 Å². The minimum Gasteiger partial charge on any atom is -0.461 e. The van der Waals surface area contributed by atoms with Crippen LogP contribution in [0.3, 0.4) is 0 Å². The van der Waals surface area contributed by atoms with E-state index in [1.807, 2.05) is 10.3 Å². The molecule has 0 aromatic carbocycles. The molecule has 0 atom stereocenters. The predicted molar refractivity (Wildman–Crippen MR) is 110 cm³/mol. The first-order valence-electron chi connectivity index (χ1n) is 9.69. The van der Waals surface area contributed by atoms with Crippen LogP contribution >= 0.6 is 11.3 Å². The maximum atomic E-state index is 12.4. The fourth-order valence-corrected chi connectivity index (χ4v) is 4.24. The molecule has 1 N–H and O–H groups in total. The summed E-state index contributed by atoms with van der Waals surface area (Å²) < 4.78 is 10.2. The van der Waals surface area contributed by atoms with E-state index in [4.69, 9.17) is 9.26 Å². The van der Waals surface area contributed by atoms with Gasteiger partial charge in [0.2, 0.25) is 5.91 Å². The molecule has 1 aliphatic heterocycles. The first-order chi connectivity index (χ1) is 14.6. The van der Waals surface area contributed by atoms with Crippen molar-refractivity contribution < 1.29 is 18.8 Å². The van der Waals surface area contributed by atoms with Crippen molar-refractivity contribution >= 4 is 29.3 Å². The molecule has 0 bridgehead atoms. The second-order valence-electron chi connectivity index (χ2n) is 6.81. The van der Waals surface area contributed by atoms with Crippen LogP contribution in [0.25, 0.3) is 17.5 Å². The van der Waals surface area contributed by atoms with Gasteiger partial charge in [-0.3, -0.25) is 4.79 Å². The standard InChI is InChI=1S/C20H21N5O4S/c1-2-28-20(27)15-9-17(29-24-15)16-11-30-19(23-16)13-5-7-25(8-6-13)18(26)4-3-14-10-21-12-22-14/h3-4,9-13H,2,5-8H2,1H3,(H,21,22). The summed E-state index contributed by atoms with van der Waals surface area (Å²) in [6.45, 7) is 3.38. The Morgan fingerprint density at radius 3 is 2.97 bits per heavy atom. The van der Waals surface area contributed by atoms with E-state index < -0.39 is 5.97 Å². The number of hydrogen-bond donors (Lipinski definition) is 1. The van der Waals surface area contributed by atoms with Crippen LogP contribution in [-0.2, 0) is 9.53 Å². The van der Waals surface area contributed by atoms with Gasteiger partial charge in [-0.25, -0.2) is 14.8 Å². The fourth-order valence-electron chi connectivity index (χ4n) is 3.26. The van der Waals surface area contributed by atoms with Crippen molar-refractivity contribution in [1.29, 1.82) is 0 Å². The third-order valence-corrected chi connectivity index (χ3v) is 5.86. The minimum absolute atomic E-state index is 0.00367. The Balaban J connectivity index is 1.34. The second-order valence-corrected chi connectivity index (χ2v) is 7.70. The number of rotatable bonds is 6. The van der Waals surface area contributed by atoms with Crippen LogP contribution in [0.15, 0.2) is 34.6 Å². The smallest absolute Gasteiger partial charge is 0.360 e. The lowest BCUT2D eigenvalue weighted by Gasteiger charge is -2.30. The van der Waals surface area contributed by atoms with Crippen LogP contribution in [0, 0.1) is 0 Å². The zero-order valence-electron chi connectivity index (χ0n) is 16.4. The zero-order chi connectivity index (χ0) is 20.9. The second kappa shape index (κ2) is 9.04. The van der Waals surface area contributed by atoms with Crippen LogP contribution in [0.4, 0.5) is 0 Å². The number of H-pyrrole nitrogens is 1. The zero-order valence-corrected chi connectivity index (χ0v) is 17.2. The van der Waals surface area contributed by atoms with Gasteiger partial charge in [-0.15, -0.1) is 11.3 Å². The Bertz CT molecular complexity index is 1030. The van der Waals surface area contributed by atoms with Crippen molar-refractivity contribution in [2.45, 2.75) is 25.7 Å². The van der Waals surface area contributed by atoms with Crippen LogP contribution in [-0.4, -0.2) is 56.6 Å². The molecule has 0 aliphatic carbocycles. The van der Waals surface area contributed by atoms with Gasteiger partial charge in [-0.2, -0.15) is 0 Å². The highest BCUT2D eigenvalue weighted by molar-refractivity contribution is 7.10. The van der Waals surface area contributed by atoms with Gasteiger partial charge in [0.05, 0.1) is 29.8 Å². The monoisotopic (exact) mass is 427 g/mol. The average molecular weight is 427 g/mol. The number of thiazole rings is 1. The number of carbonyl (C=O) groups excluding carboxylic acids is 2. The summed E-state index contributed by atoms with van der Waals surface area (Å²) in [5.74, 6) is 0.214. The molecule has 10 heteroatoms. The molecule has 156 valence electrons. The van der Waals surface area contributed by atoms with Gasteiger partial charge in [0.1, 0.15) is 5.69 Å². The first kappa shape index (κ1) is 20.0. The number of amides is 1. The summed E-state index contributed by atoms with van der Waals surface area (Å²) in [5, 5.41) is 6.65. The van der Waals surface area contributed by atoms with Gasteiger partial charge in [-0.05, 0) is 25.8 Å². The third-order valence-electron chi connectivity index (χ3n) is 4.85. The molecule has 3 aromatic rings. The quantitative estimate of drug-likeness (QED) is 0.475. The third kappa shape index (κ3) is 4.48. The summed E-state index contributed by atoms with van der Waals surface area (Å²) in [5.41, 5.74) is 1.59. The Hall–Kier alpha value is -3.27. The molecule has 4 rings (SSSR count). The topological polar surface area (TPSA) is 114 Å². The normalized spacial score (nSPS) is 15.0. The molecule has 0 spiro atoms. The average Bonchev–Trinajstić information content (AvgIpc) is 3.53. The van der Waals surface area contributed by atoms with Crippen LogP contribution in [0.2, 0.25) is 0 Å². The van der Waals surface area contributed by atoms with E-state index >= 15 is 0 Å². The molecular weight excluding hydrogens is 406 g/mol. The number of imidazole rings is 1. The van der Waals surface area contributed by atoms with E-state index in [-0.39, 0.29) is 24.1 Å². The van der Waals surface area contributed by atoms with E-state index in [2.05, 4.69) is 20.1 Å². The predicted octanol–water partition coefficient (Wildman–Crippen LogP) is 3.12. The van der Waals surface area contributed by atoms with E-state index in [0.29, 0.717) is 24.5 Å². The largest absolute Gasteiger partial charge is 0.461 e. The molecule has 0 saturated carbocycles. The molecule has 9 nitrogen and oxygen atoms in total. The summed E-state index contributed by atoms with van der Waals surface area (Å²) >= 11 is 1.55. The molecule has 30 heavy (non-hydrogen) atoms. The molecule has 0 radical (unpaired) electrons. The van der Waals surface area contributed by atoms with Crippen LogP contribution in [0.5, 0.6) is 0 Å². The molecule has 4 heterocycles. The van der Waals surface area contributed by atoms with Gasteiger partial charge in [0.25, 0.3) is 0 Å². The molecule has 1 saturated heterocycles. The number of aromatic amines is 1. The minimum atomic E-state index is -0.512. The Labute approximate surface area is 176 Å². The SMILES string of the molecule is CCOC(=O)c1cc(-c2csc(C3CCN(C(=O)C=Cc4cnc[nH]4)CC3)n2)on1. The molecule has 1 amide bonds. The van der Waals surface area contributed by atoms with Crippen LogP contribution < -0.4 is 0 Å². The lowest BCUT2D eigenvalue weighted by atomic mass is 9.97. The van der Waals surface area contributed by atoms with Gasteiger partial charge in [-0.1, -0.05) is 5.16 Å². The number of nitrogens with one attached hydrogen (secondary N) is 1. The summed E-state index contributed by atoms with van der Waals surface area (Å²) in [4.78, 5) is 37.5. The van der Waals surface area contributed by atoms with E-state index in [9.17, 15) is 9.59 Å². The van der Waals surface area contributed by atoms with Gasteiger partial charge in [0, 0.05) is 36.5 Å². The maximum Gasteiger partial charge on any atom is 0.360 e. The fraction of sp³-hybridized carbons (Fsp3) is 0.350. The van der Waals surface area contributed by atoms with Crippen molar-refractivity contribution in [2.75, 3.05) is 19.7 Å². The number of hydrogen-bond acceptors (Lipinski definition) is 8. The highest BCUT2D eigenvalue weighted by atomic mass is 32.1. The summed E-state index contributed by atoms with van der Waals surface area (Å²) in [6.07, 6.45) is 8.24. The Kier molecular flexibility index (Phi) is 6.03. The number of esters is 1. The van der Waals surface area contributed by atoms with E-state index in [0.717, 1.165) is 23.5 Å². The van der Waals surface area contributed by atoms with Gasteiger partial charge >= 0.3 is 5.97 Å². The number of carbonyl (C=O) groups is 2. The molecular formula is C20H21N5O4S. The summed E-state index contributed by atoms with van der Waals surface area (Å²) in [7, 11) is 0. The molecule has 1 aliphatic rings. The Morgan fingerprint density at radius 2 is 2.23 bits per heavy atom. The van der Waals surface area contributed by atoms with Crippen molar-refractivity contribution in [3.8, 4) is 11.5 Å². The first-order valence-corrected chi connectivity index (χ1v) is 10.6. The summed E-state index contributed by atoms with van der Waals surface area (Å²) in [6, 6.07) is 1.55. The highest BCUT2D eigenvalue weighted by Gasteiger charge is 2.25. The lowest BCUT2D eigenvalue weighted by molar-refractivity contribution is -0.126. The van der Waals surface area contributed by atoms with Gasteiger partial charge < -0.3 is 19.1 Å². The number of nitrogens with zero attached hydrogens (tertiary/aromatic N) is 4. The molecule has 1 fully saturated rings. The number of aromatic nitrogens is 4. The number of piperidine rings is 1. The van der Waals surface area contributed by atoms with Gasteiger partial charge in [0.15, 0.2) is 11.5 Å². The van der Waals surface area contributed by atoms with Crippen molar-refractivity contribution in [2.24, 2.45) is 0 Å². The highest BCUT2D eigenvalue weighted by Crippen LogP contribution is 2.33. The van der Waals surface area contributed by atoms with E-state index in [1.54, 1.807) is 49.0 Å². The van der Waals surface area contributed by atoms with E-state index in [1.165, 1.54) is 0 Å².